The number of hydrogen-bond acceptors (Lipinski definition) is 2. The number of rotatable bonds is 11. The van der Waals surface area contributed by atoms with Gasteiger partial charge in [0.1, 0.15) is 0 Å². The van der Waals surface area contributed by atoms with E-state index in [0.29, 0.717) is 0 Å². The lowest BCUT2D eigenvalue weighted by Gasteiger charge is -2.28. The van der Waals surface area contributed by atoms with Gasteiger partial charge in [0.25, 0.3) is 0 Å². The largest absolute Gasteiger partial charge is 0.310 e. The molecule has 0 aliphatic heterocycles. The van der Waals surface area contributed by atoms with Gasteiger partial charge in [0.2, 0.25) is 0 Å². The lowest BCUT2D eigenvalue weighted by Crippen LogP contribution is -2.11. The molecule has 12 aromatic carbocycles. The topological polar surface area (TPSA) is 6.48 Å². The first-order chi connectivity index (χ1) is 34.7. The SMILES string of the molecule is c1ccc(-c2cc(-c3ccccc3)cc(N(c3ccc(-c4ccc(N(c5ccc(-c6ccccc6)c(-c6ccccc6)c5)c5cccc6ccccc56)cc4)cc3)c3cccc4ccccc34)c2)cc1. The number of anilines is 6. The van der Waals surface area contributed by atoms with Gasteiger partial charge in [0, 0.05) is 33.5 Å². The smallest absolute Gasteiger partial charge is 0.0540 e. The van der Waals surface area contributed by atoms with E-state index in [1.807, 2.05) is 0 Å². The van der Waals surface area contributed by atoms with E-state index in [9.17, 15) is 0 Å². The second kappa shape index (κ2) is 18.8. The first kappa shape index (κ1) is 42.1. The molecule has 0 radical (unpaired) electrons. The normalized spacial score (nSPS) is 11.1. The molecule has 0 unspecified atom stereocenters. The summed E-state index contributed by atoms with van der Waals surface area (Å²) in [6.07, 6.45) is 0. The predicted molar refractivity (Wildman–Crippen MR) is 298 cm³/mol. The summed E-state index contributed by atoms with van der Waals surface area (Å²) in [5.74, 6) is 0. The van der Waals surface area contributed by atoms with E-state index in [0.717, 1.165) is 45.3 Å². The fraction of sp³-hybridized carbons (Fsp3) is 0. The van der Waals surface area contributed by atoms with Crippen molar-refractivity contribution in [2.75, 3.05) is 9.80 Å². The van der Waals surface area contributed by atoms with E-state index in [1.165, 1.54) is 66.1 Å². The van der Waals surface area contributed by atoms with Gasteiger partial charge in [-0.2, -0.15) is 0 Å². The van der Waals surface area contributed by atoms with E-state index < -0.39 is 0 Å². The standard InChI is InChI=1S/C68H48N2/c1-5-19-49(20-6-1)57-45-58(50-21-7-2-8-22-50)47-62(46-57)70(68-34-18-30-55-28-14-16-32-65(55)68)60-41-37-52(38-42-60)51-35-39-59(40-36-51)69(67-33-17-29-54-27-13-15-31-64(54)67)61-43-44-63(53-23-9-3-10-24-53)66(48-61)56-25-11-4-12-26-56/h1-48H. The molecule has 2 heteroatoms. The van der Waals surface area contributed by atoms with Crippen LogP contribution in [0.1, 0.15) is 0 Å². The highest BCUT2D eigenvalue weighted by Gasteiger charge is 2.21. The van der Waals surface area contributed by atoms with Crippen LogP contribution in [0.5, 0.6) is 0 Å². The van der Waals surface area contributed by atoms with E-state index in [-0.39, 0.29) is 0 Å². The maximum Gasteiger partial charge on any atom is 0.0540 e. The molecule has 12 rings (SSSR count). The number of hydrogen-bond donors (Lipinski definition) is 0. The molecule has 0 aromatic heterocycles. The summed E-state index contributed by atoms with van der Waals surface area (Å²) in [4.78, 5) is 4.83. The van der Waals surface area contributed by atoms with Gasteiger partial charge in [0.05, 0.1) is 11.4 Å². The molecule has 0 N–H and O–H groups in total. The van der Waals surface area contributed by atoms with Crippen LogP contribution in [0.25, 0.3) is 77.2 Å². The zero-order valence-electron chi connectivity index (χ0n) is 38.6. The molecule has 0 aliphatic rings. The van der Waals surface area contributed by atoms with Crippen LogP contribution in [0, 0.1) is 0 Å². The molecule has 0 spiro atoms. The van der Waals surface area contributed by atoms with Crippen molar-refractivity contribution in [3.8, 4) is 55.6 Å². The average molecular weight is 893 g/mol. The third kappa shape index (κ3) is 8.29. The van der Waals surface area contributed by atoms with Gasteiger partial charge in [-0.3, -0.25) is 0 Å². The van der Waals surface area contributed by atoms with Gasteiger partial charge >= 0.3 is 0 Å². The molecular formula is C68H48N2. The number of nitrogens with zero attached hydrogens (tertiary/aromatic N) is 2. The van der Waals surface area contributed by atoms with E-state index in [1.54, 1.807) is 0 Å². The maximum atomic E-state index is 2.42. The van der Waals surface area contributed by atoms with Crippen molar-refractivity contribution in [1.29, 1.82) is 0 Å². The van der Waals surface area contributed by atoms with Crippen LogP contribution in [0.2, 0.25) is 0 Å². The van der Waals surface area contributed by atoms with Gasteiger partial charge in [-0.05, 0) is 133 Å². The minimum absolute atomic E-state index is 1.08. The summed E-state index contributed by atoms with van der Waals surface area (Å²) < 4.78 is 0. The van der Waals surface area contributed by atoms with Crippen LogP contribution in [0.15, 0.2) is 291 Å². The zero-order chi connectivity index (χ0) is 46.6. The van der Waals surface area contributed by atoms with E-state index in [4.69, 9.17) is 0 Å². The van der Waals surface area contributed by atoms with Crippen molar-refractivity contribution in [2.24, 2.45) is 0 Å². The second-order valence-electron chi connectivity index (χ2n) is 17.7. The van der Waals surface area contributed by atoms with Crippen molar-refractivity contribution in [2.45, 2.75) is 0 Å². The second-order valence-corrected chi connectivity index (χ2v) is 17.7. The summed E-state index contributed by atoms with van der Waals surface area (Å²) in [6.45, 7) is 0. The third-order valence-electron chi connectivity index (χ3n) is 13.4. The van der Waals surface area contributed by atoms with Gasteiger partial charge in [0.15, 0.2) is 0 Å². The van der Waals surface area contributed by atoms with Crippen LogP contribution >= 0.6 is 0 Å². The van der Waals surface area contributed by atoms with Crippen LogP contribution in [0.4, 0.5) is 34.1 Å². The molecule has 70 heavy (non-hydrogen) atoms. The number of fused-ring (bicyclic) bond motifs is 2. The van der Waals surface area contributed by atoms with Crippen molar-refractivity contribution in [3.63, 3.8) is 0 Å². The monoisotopic (exact) mass is 892 g/mol. The Morgan fingerprint density at radius 2 is 0.543 bits per heavy atom. The van der Waals surface area contributed by atoms with Crippen molar-refractivity contribution >= 4 is 55.7 Å². The summed E-state index contributed by atoms with van der Waals surface area (Å²) in [6, 6.07) is 105. The highest BCUT2D eigenvalue weighted by molar-refractivity contribution is 6.01. The predicted octanol–water partition coefficient (Wildman–Crippen LogP) is 19.3. The zero-order valence-corrected chi connectivity index (χ0v) is 38.6. The van der Waals surface area contributed by atoms with Gasteiger partial charge in [-0.15, -0.1) is 0 Å². The van der Waals surface area contributed by atoms with Gasteiger partial charge < -0.3 is 9.80 Å². The molecule has 0 saturated carbocycles. The average Bonchev–Trinajstić information content (AvgIpc) is 3.44. The van der Waals surface area contributed by atoms with Crippen molar-refractivity contribution in [3.05, 3.63) is 291 Å². The third-order valence-corrected chi connectivity index (χ3v) is 13.4. The van der Waals surface area contributed by atoms with Crippen LogP contribution in [-0.2, 0) is 0 Å². The molecule has 330 valence electrons. The molecule has 2 nitrogen and oxygen atoms in total. The molecule has 0 fully saturated rings. The Morgan fingerprint density at radius 3 is 1.01 bits per heavy atom. The highest BCUT2D eigenvalue weighted by Crippen LogP contribution is 2.45. The Kier molecular flexibility index (Phi) is 11.3. The summed E-state index contributed by atoms with van der Waals surface area (Å²) in [5, 5.41) is 4.79. The first-order valence-corrected chi connectivity index (χ1v) is 24.0. The Hall–Kier alpha value is -9.24. The first-order valence-electron chi connectivity index (χ1n) is 24.0. The minimum atomic E-state index is 1.08. The van der Waals surface area contributed by atoms with Crippen LogP contribution in [0.3, 0.4) is 0 Å². The van der Waals surface area contributed by atoms with E-state index in [2.05, 4.69) is 301 Å². The molecule has 0 atom stereocenters. The summed E-state index contributed by atoms with van der Waals surface area (Å²) >= 11 is 0. The molecule has 0 heterocycles. The highest BCUT2D eigenvalue weighted by atomic mass is 15.1. The van der Waals surface area contributed by atoms with Gasteiger partial charge in [-0.1, -0.05) is 224 Å². The molecule has 0 amide bonds. The van der Waals surface area contributed by atoms with E-state index >= 15 is 0 Å². The Labute approximate surface area is 410 Å². The lowest BCUT2D eigenvalue weighted by atomic mass is 9.93. The number of benzene rings is 12. The summed E-state index contributed by atoms with van der Waals surface area (Å²) in [7, 11) is 0. The fourth-order valence-corrected chi connectivity index (χ4v) is 10.00. The van der Waals surface area contributed by atoms with Crippen molar-refractivity contribution in [1.82, 2.24) is 0 Å². The Morgan fingerprint density at radius 1 is 0.186 bits per heavy atom. The Bertz CT molecular complexity index is 3670. The van der Waals surface area contributed by atoms with Crippen molar-refractivity contribution < 1.29 is 0 Å². The maximum absolute atomic E-state index is 2.42. The quantitative estimate of drug-likeness (QED) is 0.128. The van der Waals surface area contributed by atoms with Crippen LogP contribution < -0.4 is 9.80 Å². The summed E-state index contributed by atoms with van der Waals surface area (Å²) in [5.41, 5.74) is 18.3. The van der Waals surface area contributed by atoms with Gasteiger partial charge in [-0.25, -0.2) is 0 Å². The fourth-order valence-electron chi connectivity index (χ4n) is 10.00. The Balaban J connectivity index is 0.958. The molecule has 0 aliphatic carbocycles. The molecule has 0 bridgehead atoms. The minimum Gasteiger partial charge on any atom is -0.310 e. The molecular weight excluding hydrogens is 845 g/mol. The molecule has 0 saturated heterocycles. The lowest BCUT2D eigenvalue weighted by molar-refractivity contribution is 1.29. The van der Waals surface area contributed by atoms with Crippen LogP contribution in [-0.4, -0.2) is 0 Å². The molecule has 12 aromatic rings.